The maximum Gasteiger partial charge on any atom is 2.00 e. The summed E-state index contributed by atoms with van der Waals surface area (Å²) in [6.07, 6.45) is 5.07. The smallest absolute Gasteiger partial charge is 0.358 e. The average molecular weight is 161 g/mol. The van der Waals surface area contributed by atoms with Crippen molar-refractivity contribution in [2.75, 3.05) is 0 Å². The van der Waals surface area contributed by atoms with Gasteiger partial charge >= 0.3 is 23.1 Å². The van der Waals surface area contributed by atoms with Gasteiger partial charge in [0.1, 0.15) is 0 Å². The van der Waals surface area contributed by atoms with Crippen molar-refractivity contribution in [3.05, 3.63) is 14.4 Å². The summed E-state index contributed by atoms with van der Waals surface area (Å²) in [5, 5.41) is 0. The van der Waals surface area contributed by atoms with E-state index in [4.69, 9.17) is 0 Å². The summed E-state index contributed by atoms with van der Waals surface area (Å²) in [6, 6.07) is 0. The van der Waals surface area contributed by atoms with Gasteiger partial charge in [0.25, 0.3) is 0 Å². The molecular formula is C7H17ClMg. The first-order chi connectivity index (χ1) is 2.91. The van der Waals surface area contributed by atoms with Gasteiger partial charge in [0.05, 0.1) is 0 Å². The summed E-state index contributed by atoms with van der Waals surface area (Å²) in [7, 11) is 0. The summed E-state index contributed by atoms with van der Waals surface area (Å²) in [6.45, 7) is 5.93. The summed E-state index contributed by atoms with van der Waals surface area (Å²) in [4.78, 5) is 0. The third kappa shape index (κ3) is 27.4. The number of rotatable bonds is 3. The summed E-state index contributed by atoms with van der Waals surface area (Å²) in [5.41, 5.74) is 0. The predicted octanol–water partition coefficient (Wildman–Crippen LogP) is 2.89. The fourth-order valence-electron chi connectivity index (χ4n) is 0.427. The van der Waals surface area contributed by atoms with Crippen molar-refractivity contribution in [3.8, 4) is 0 Å². The molecule has 0 saturated heterocycles. The second-order valence-electron chi connectivity index (χ2n) is 1.56. The van der Waals surface area contributed by atoms with Crippen LogP contribution in [0, 0.1) is 14.4 Å². The second kappa shape index (κ2) is 23.0. The monoisotopic (exact) mass is 160 g/mol. The second-order valence-corrected chi connectivity index (χ2v) is 1.56. The van der Waals surface area contributed by atoms with Crippen LogP contribution in [0.4, 0.5) is 0 Å². The van der Waals surface area contributed by atoms with Gasteiger partial charge < -0.3 is 14.4 Å². The van der Waals surface area contributed by atoms with Crippen molar-refractivity contribution in [3.63, 3.8) is 0 Å². The zero-order valence-electron chi connectivity index (χ0n) is 6.65. The van der Waals surface area contributed by atoms with Crippen molar-refractivity contribution in [1.29, 1.82) is 0 Å². The van der Waals surface area contributed by atoms with Gasteiger partial charge in [-0.25, -0.2) is 0 Å². The minimum absolute atomic E-state index is 0. The molecule has 0 aliphatic rings. The summed E-state index contributed by atoms with van der Waals surface area (Å²) in [5.74, 6) is 0. The molecule has 54 valence electrons. The van der Waals surface area contributed by atoms with Crippen molar-refractivity contribution < 1.29 is 0 Å². The SMILES string of the molecule is Cl.[CH2-]CCCCC.[CH3-].[Mg+2]. The zero-order valence-corrected chi connectivity index (χ0v) is 8.88. The molecule has 0 aromatic carbocycles. The molecule has 0 rings (SSSR count). The van der Waals surface area contributed by atoms with Crippen LogP contribution < -0.4 is 0 Å². The fraction of sp³-hybridized carbons (Fsp3) is 0.714. The Balaban J connectivity index is -0.0000000417. The van der Waals surface area contributed by atoms with E-state index in [1.807, 2.05) is 0 Å². The molecule has 0 N–H and O–H groups in total. The molecule has 0 saturated carbocycles. The molecule has 0 atom stereocenters. The van der Waals surface area contributed by atoms with Gasteiger partial charge in [-0.15, -0.1) is 12.4 Å². The topological polar surface area (TPSA) is 0 Å². The maximum absolute atomic E-state index is 3.72. The molecule has 0 amide bonds. The Bertz CT molecular complexity index is 20.9. The Morgan fingerprint density at radius 1 is 1.22 bits per heavy atom. The molecule has 0 radical (unpaired) electrons. The van der Waals surface area contributed by atoms with E-state index in [2.05, 4.69) is 13.8 Å². The third-order valence-corrected chi connectivity index (χ3v) is 0.854. The van der Waals surface area contributed by atoms with Gasteiger partial charge in [-0.3, -0.25) is 0 Å². The van der Waals surface area contributed by atoms with Crippen molar-refractivity contribution in [2.24, 2.45) is 0 Å². The van der Waals surface area contributed by atoms with E-state index in [-0.39, 0.29) is 42.9 Å². The van der Waals surface area contributed by atoms with Crippen LogP contribution in [0.1, 0.15) is 32.6 Å². The van der Waals surface area contributed by atoms with E-state index in [0.717, 1.165) is 6.42 Å². The van der Waals surface area contributed by atoms with Gasteiger partial charge in [0.2, 0.25) is 0 Å². The molecule has 0 heterocycles. The summed E-state index contributed by atoms with van der Waals surface area (Å²) >= 11 is 0. The number of hydrogen-bond donors (Lipinski definition) is 0. The van der Waals surface area contributed by atoms with Crippen LogP contribution in [0.5, 0.6) is 0 Å². The van der Waals surface area contributed by atoms with Crippen molar-refractivity contribution in [2.45, 2.75) is 32.6 Å². The Morgan fingerprint density at radius 3 is 1.78 bits per heavy atom. The normalized spacial score (nSPS) is 6.00. The van der Waals surface area contributed by atoms with E-state index in [0.29, 0.717) is 0 Å². The van der Waals surface area contributed by atoms with Gasteiger partial charge in [-0.2, -0.15) is 6.42 Å². The Morgan fingerprint density at radius 2 is 1.67 bits per heavy atom. The van der Waals surface area contributed by atoms with Crippen LogP contribution in [0.15, 0.2) is 0 Å². The van der Waals surface area contributed by atoms with E-state index in [9.17, 15) is 0 Å². The molecule has 0 bridgehead atoms. The van der Waals surface area contributed by atoms with E-state index in [1.54, 1.807) is 0 Å². The zero-order chi connectivity index (χ0) is 4.83. The van der Waals surface area contributed by atoms with Crippen LogP contribution in [0.2, 0.25) is 0 Å². The average Bonchev–Trinajstić information content (AvgIpc) is 1.61. The molecule has 0 aliphatic heterocycles. The molecule has 0 fully saturated rings. The van der Waals surface area contributed by atoms with Crippen molar-refractivity contribution >= 4 is 35.5 Å². The van der Waals surface area contributed by atoms with Crippen LogP contribution in [0.3, 0.4) is 0 Å². The predicted molar refractivity (Wildman–Crippen MR) is 48.9 cm³/mol. The third-order valence-electron chi connectivity index (χ3n) is 0.854. The van der Waals surface area contributed by atoms with Gasteiger partial charge in [-0.1, -0.05) is 26.2 Å². The van der Waals surface area contributed by atoms with Crippen LogP contribution >= 0.6 is 12.4 Å². The molecule has 0 aliphatic carbocycles. The van der Waals surface area contributed by atoms with Crippen LogP contribution in [0.25, 0.3) is 0 Å². The van der Waals surface area contributed by atoms with E-state index < -0.39 is 0 Å². The quantitative estimate of drug-likeness (QED) is 0.339. The van der Waals surface area contributed by atoms with Gasteiger partial charge in [0, 0.05) is 0 Å². The fourth-order valence-corrected chi connectivity index (χ4v) is 0.427. The van der Waals surface area contributed by atoms with Gasteiger partial charge in [-0.05, 0) is 0 Å². The largest absolute Gasteiger partial charge is 2.00 e. The Labute approximate surface area is 82.4 Å². The Kier molecular flexibility index (Phi) is 57.4. The van der Waals surface area contributed by atoms with Crippen LogP contribution in [-0.2, 0) is 0 Å². The van der Waals surface area contributed by atoms with Crippen LogP contribution in [-0.4, -0.2) is 23.1 Å². The number of hydrogen-bond acceptors (Lipinski definition) is 0. The van der Waals surface area contributed by atoms with E-state index >= 15 is 0 Å². The molecule has 0 unspecified atom stereocenters. The first-order valence-corrected chi connectivity index (χ1v) is 2.71. The summed E-state index contributed by atoms with van der Waals surface area (Å²) < 4.78 is 0. The molecule has 0 aromatic rings. The first-order valence-electron chi connectivity index (χ1n) is 2.71. The molecule has 0 nitrogen and oxygen atoms in total. The molecule has 0 spiro atoms. The minimum Gasteiger partial charge on any atom is -0.358 e. The van der Waals surface area contributed by atoms with Crippen molar-refractivity contribution in [1.82, 2.24) is 0 Å². The molecule has 2 heteroatoms. The number of unbranched alkanes of at least 4 members (excludes halogenated alkanes) is 3. The number of halogens is 1. The molecular weight excluding hydrogens is 144 g/mol. The minimum atomic E-state index is 0. The Hall–Kier alpha value is 1.06. The maximum atomic E-state index is 3.72. The van der Waals surface area contributed by atoms with Gasteiger partial charge in [0.15, 0.2) is 0 Å². The van der Waals surface area contributed by atoms with E-state index in [1.165, 1.54) is 19.3 Å². The standard InChI is InChI=1S/C6H13.CH3.ClH.Mg/c1-3-5-6-4-2;;;/h1,3-6H2,2H3;1H3;1H;/q2*-1;;+2. The molecule has 0 aromatic heterocycles. The molecule has 9 heavy (non-hydrogen) atoms. The first kappa shape index (κ1) is 22.5.